The molecular weight excluding hydrogens is 360 g/mol. The van der Waals surface area contributed by atoms with Crippen LogP contribution in [0, 0.1) is 0 Å². The summed E-state index contributed by atoms with van der Waals surface area (Å²) in [4.78, 5) is 13.3. The fraction of sp³-hybridized carbons (Fsp3) is 0.190. The van der Waals surface area contributed by atoms with Gasteiger partial charge in [-0.1, -0.05) is 48.6 Å². The number of allylic oxidation sites excluding steroid dienone is 2. The van der Waals surface area contributed by atoms with Gasteiger partial charge in [-0.2, -0.15) is 0 Å². The third-order valence-electron chi connectivity index (χ3n) is 4.13. The van der Waals surface area contributed by atoms with Crippen LogP contribution in [0.1, 0.15) is 27.4 Å². The van der Waals surface area contributed by atoms with Crippen LogP contribution in [0.3, 0.4) is 0 Å². The average molecular weight is 382 g/mol. The highest BCUT2D eigenvalue weighted by atomic mass is 32.1. The van der Waals surface area contributed by atoms with Crippen molar-refractivity contribution >= 4 is 17.2 Å². The first kappa shape index (κ1) is 18.9. The zero-order chi connectivity index (χ0) is 19.1. The summed E-state index contributed by atoms with van der Waals surface area (Å²) < 4.78 is 5.70. The van der Waals surface area contributed by atoms with Crippen LogP contribution in [-0.2, 0) is 11.3 Å². The van der Waals surface area contributed by atoms with Gasteiger partial charge in [-0.15, -0.1) is 11.3 Å². The normalized spacial score (nSPS) is 13.0. The molecule has 0 atom stereocenters. The predicted molar refractivity (Wildman–Crippen MR) is 107 cm³/mol. The van der Waals surface area contributed by atoms with Gasteiger partial charge in [0.2, 0.25) is 0 Å². The van der Waals surface area contributed by atoms with Gasteiger partial charge in [0.1, 0.15) is 11.5 Å². The molecule has 140 valence electrons. The van der Waals surface area contributed by atoms with E-state index in [2.05, 4.69) is 30.1 Å². The second-order valence-electron chi connectivity index (χ2n) is 6.09. The molecule has 0 fully saturated rings. The van der Waals surface area contributed by atoms with E-state index in [9.17, 15) is 4.79 Å². The van der Waals surface area contributed by atoms with Gasteiger partial charge in [-0.3, -0.25) is 10.0 Å². The van der Waals surface area contributed by atoms with Crippen molar-refractivity contribution in [1.29, 1.82) is 0 Å². The number of benzene rings is 1. The van der Waals surface area contributed by atoms with Crippen LogP contribution in [0.2, 0.25) is 0 Å². The van der Waals surface area contributed by atoms with Crippen molar-refractivity contribution < 1.29 is 14.7 Å². The number of hydroxylamine groups is 1. The number of amides is 1. The molecule has 1 aliphatic carbocycles. The second-order valence-corrected chi connectivity index (χ2v) is 7.22. The molecule has 0 spiro atoms. The number of carbonyl (C=O) groups is 1. The molecule has 0 radical (unpaired) electrons. The van der Waals surface area contributed by atoms with E-state index in [-0.39, 0.29) is 0 Å². The average Bonchev–Trinajstić information content (AvgIpc) is 3.16. The highest BCUT2D eigenvalue weighted by molar-refractivity contribution is 7.14. The largest absolute Gasteiger partial charge is 0.474 e. The molecule has 1 amide bonds. The van der Waals surface area contributed by atoms with Crippen LogP contribution >= 0.6 is 11.3 Å². The summed E-state index contributed by atoms with van der Waals surface area (Å²) in [6.07, 6.45) is 8.62. The molecule has 5 nitrogen and oxygen atoms in total. The van der Waals surface area contributed by atoms with Crippen molar-refractivity contribution in [3.8, 4) is 11.1 Å². The highest BCUT2D eigenvalue weighted by Gasteiger charge is 2.17. The van der Waals surface area contributed by atoms with Crippen molar-refractivity contribution in [2.24, 2.45) is 0 Å². The van der Waals surface area contributed by atoms with E-state index in [1.165, 1.54) is 16.9 Å². The van der Waals surface area contributed by atoms with Crippen molar-refractivity contribution in [2.45, 2.75) is 19.4 Å². The van der Waals surface area contributed by atoms with E-state index >= 15 is 0 Å². The molecular formula is C21H22N2O3S. The van der Waals surface area contributed by atoms with Gasteiger partial charge in [0.15, 0.2) is 5.88 Å². The predicted octanol–water partition coefficient (Wildman–Crippen LogP) is 4.39. The Balaban J connectivity index is 1.63. The summed E-state index contributed by atoms with van der Waals surface area (Å²) in [6.45, 7) is 4.86. The van der Waals surface area contributed by atoms with Gasteiger partial charge < -0.3 is 10.1 Å². The number of ether oxygens (including phenoxy) is 1. The maximum absolute atomic E-state index is 12.0. The first-order chi connectivity index (χ1) is 13.2. The molecule has 27 heavy (non-hydrogen) atoms. The number of carbonyl (C=O) groups excluding carboxylic acids is 1. The summed E-state index contributed by atoms with van der Waals surface area (Å²) in [5.74, 6) is -0.0456. The van der Waals surface area contributed by atoms with Crippen molar-refractivity contribution in [3.63, 3.8) is 0 Å². The number of hydrogen-bond donors (Lipinski definition) is 3. The molecule has 1 aliphatic rings. The Bertz CT molecular complexity index is 869. The lowest BCUT2D eigenvalue weighted by Crippen LogP contribution is -2.18. The summed E-state index contributed by atoms with van der Waals surface area (Å²) in [5, 5.41) is 12.2. The SMILES string of the molecule is C=C(NCC1=CCCC=C1)OCc1cc(-c2ccccc2)c(C(=O)NO)s1. The Hall–Kier alpha value is -2.83. The molecule has 1 aromatic heterocycles. The smallest absolute Gasteiger partial charge is 0.285 e. The zero-order valence-electron chi connectivity index (χ0n) is 14.9. The molecule has 0 unspecified atom stereocenters. The Morgan fingerprint density at radius 2 is 2.07 bits per heavy atom. The van der Waals surface area contributed by atoms with Crippen LogP contribution in [0.15, 0.2) is 72.7 Å². The first-order valence-corrected chi connectivity index (χ1v) is 9.52. The third kappa shape index (κ3) is 5.09. The fourth-order valence-corrected chi connectivity index (χ4v) is 3.76. The number of thiophene rings is 1. The molecule has 0 bridgehead atoms. The van der Waals surface area contributed by atoms with E-state index < -0.39 is 5.91 Å². The van der Waals surface area contributed by atoms with Crippen LogP contribution in [-0.4, -0.2) is 17.7 Å². The molecule has 0 saturated heterocycles. The van der Waals surface area contributed by atoms with Gasteiger partial charge in [-0.05, 0) is 36.6 Å². The van der Waals surface area contributed by atoms with Gasteiger partial charge in [0.25, 0.3) is 5.91 Å². The molecule has 1 aromatic carbocycles. The van der Waals surface area contributed by atoms with Crippen LogP contribution in [0.25, 0.3) is 11.1 Å². The fourth-order valence-electron chi connectivity index (χ4n) is 2.77. The minimum atomic E-state index is -0.530. The summed E-state index contributed by atoms with van der Waals surface area (Å²) in [7, 11) is 0. The first-order valence-electron chi connectivity index (χ1n) is 8.71. The van der Waals surface area contributed by atoms with Crippen molar-refractivity contribution in [1.82, 2.24) is 10.8 Å². The lowest BCUT2D eigenvalue weighted by molar-refractivity contribution is 0.0711. The Morgan fingerprint density at radius 1 is 1.26 bits per heavy atom. The minimum Gasteiger partial charge on any atom is -0.474 e. The number of hydrogen-bond acceptors (Lipinski definition) is 5. The maximum atomic E-state index is 12.0. The lowest BCUT2D eigenvalue weighted by Gasteiger charge is -2.12. The van der Waals surface area contributed by atoms with E-state index in [4.69, 9.17) is 9.94 Å². The van der Waals surface area contributed by atoms with Crippen molar-refractivity contribution in [3.05, 3.63) is 82.4 Å². The maximum Gasteiger partial charge on any atom is 0.285 e. The zero-order valence-corrected chi connectivity index (χ0v) is 15.7. The summed E-state index contributed by atoms with van der Waals surface area (Å²) in [5.41, 5.74) is 4.61. The molecule has 0 saturated carbocycles. The van der Waals surface area contributed by atoms with Crippen molar-refractivity contribution in [2.75, 3.05) is 6.54 Å². The van der Waals surface area contributed by atoms with Gasteiger partial charge in [0, 0.05) is 17.0 Å². The second kappa shape index (κ2) is 9.21. The molecule has 3 rings (SSSR count). The standard InChI is InChI=1S/C21H22N2O3S/c1-15(22-13-16-8-4-2-5-9-16)26-14-18-12-19(17-10-6-3-7-11-17)20(27-18)21(24)23-25/h3-4,6-12,22,25H,1-2,5,13-14H2,(H,23,24). The van der Waals surface area contributed by atoms with E-state index in [0.29, 0.717) is 23.9 Å². The van der Waals surface area contributed by atoms with E-state index in [1.54, 1.807) is 5.48 Å². The molecule has 1 heterocycles. The molecule has 3 N–H and O–H groups in total. The third-order valence-corrected chi connectivity index (χ3v) is 5.23. The number of rotatable bonds is 8. The summed E-state index contributed by atoms with van der Waals surface area (Å²) >= 11 is 1.29. The van der Waals surface area contributed by atoms with E-state index in [1.807, 2.05) is 36.4 Å². The van der Waals surface area contributed by atoms with Gasteiger partial charge in [-0.25, -0.2) is 5.48 Å². The molecule has 6 heteroatoms. The Kier molecular flexibility index (Phi) is 6.46. The molecule has 0 aliphatic heterocycles. The Morgan fingerprint density at radius 3 is 2.78 bits per heavy atom. The number of nitrogens with one attached hydrogen (secondary N) is 2. The summed E-state index contributed by atoms with van der Waals surface area (Å²) in [6, 6.07) is 11.5. The quantitative estimate of drug-likeness (QED) is 0.360. The van der Waals surface area contributed by atoms with Gasteiger partial charge >= 0.3 is 0 Å². The van der Waals surface area contributed by atoms with Gasteiger partial charge in [0.05, 0.1) is 0 Å². The molecule has 2 aromatic rings. The topological polar surface area (TPSA) is 70.6 Å². The van der Waals surface area contributed by atoms with Crippen LogP contribution in [0.5, 0.6) is 0 Å². The highest BCUT2D eigenvalue weighted by Crippen LogP contribution is 2.32. The van der Waals surface area contributed by atoms with Crippen LogP contribution < -0.4 is 10.8 Å². The van der Waals surface area contributed by atoms with Crippen LogP contribution in [0.4, 0.5) is 0 Å². The monoisotopic (exact) mass is 382 g/mol. The minimum absolute atomic E-state index is 0.296. The Labute approximate surface area is 162 Å². The van der Waals surface area contributed by atoms with E-state index in [0.717, 1.165) is 28.8 Å². The lowest BCUT2D eigenvalue weighted by atomic mass is 10.1.